The number of hydrogen-bond acceptors (Lipinski definition) is 2. The fraction of sp³-hybridized carbons (Fsp3) is 0.200. The lowest BCUT2D eigenvalue weighted by Gasteiger charge is -2.61. The van der Waals surface area contributed by atoms with Crippen molar-refractivity contribution in [2.75, 3.05) is 4.90 Å². The Morgan fingerprint density at radius 2 is 1.08 bits per heavy atom. The van der Waals surface area contributed by atoms with Gasteiger partial charge in [-0.25, -0.2) is 0 Å². The van der Waals surface area contributed by atoms with E-state index in [9.17, 15) is 0 Å². The molecule has 1 spiro atoms. The third-order valence-corrected chi connectivity index (χ3v) is 13.6. The molecular formula is C50H39NO. The normalized spacial score (nSPS) is 23.8. The minimum atomic E-state index is 0.175. The molecular weight excluding hydrogens is 631 g/mol. The van der Waals surface area contributed by atoms with Gasteiger partial charge < -0.3 is 9.32 Å². The van der Waals surface area contributed by atoms with Crippen molar-refractivity contribution in [2.24, 2.45) is 23.7 Å². The molecule has 0 radical (unpaired) electrons. The monoisotopic (exact) mass is 669 g/mol. The second-order valence-corrected chi connectivity index (χ2v) is 16.2. The molecule has 0 aliphatic heterocycles. The van der Waals surface area contributed by atoms with E-state index in [2.05, 4.69) is 144 Å². The van der Waals surface area contributed by atoms with Crippen LogP contribution in [-0.2, 0) is 5.41 Å². The largest absolute Gasteiger partial charge is 0.456 e. The molecule has 5 aliphatic carbocycles. The maximum Gasteiger partial charge on any atom is 0.136 e. The standard InChI is InChI=1S/C50H39NO/c1-2-8-35-28-40(19-15-33(35)7-1)51(39-17-13-34(14-18-39)36-16-21-44-43-10-4-6-12-48(43)52-49(44)29-36)41-20-22-47-45(30-41)42-9-3-5-11-46(42)50(47)37-24-31-23-32(26-37)27-38(50)25-31/h1-22,28-32,37-38H,23-27H2. The van der Waals surface area contributed by atoms with Gasteiger partial charge in [0.1, 0.15) is 11.2 Å². The molecule has 13 rings (SSSR count). The van der Waals surface area contributed by atoms with Crippen molar-refractivity contribution >= 4 is 49.8 Å². The Bertz CT molecular complexity index is 2690. The zero-order valence-corrected chi connectivity index (χ0v) is 29.1. The Morgan fingerprint density at radius 1 is 0.442 bits per heavy atom. The molecule has 0 unspecified atom stereocenters. The smallest absolute Gasteiger partial charge is 0.136 e. The Labute approximate surface area is 304 Å². The Kier molecular flexibility index (Phi) is 5.98. The van der Waals surface area contributed by atoms with Gasteiger partial charge in [-0.1, -0.05) is 97.1 Å². The summed E-state index contributed by atoms with van der Waals surface area (Å²) in [6.07, 6.45) is 7.09. The molecule has 2 heteroatoms. The SMILES string of the molecule is c1ccc2c(c1)-c1cc(N(c3ccc(-c4ccc5c(c4)oc4ccccc45)cc3)c3ccc4ccccc4c3)ccc1C21C2CC3CC(C2)CC1C3. The molecule has 0 amide bonds. The zero-order valence-electron chi connectivity index (χ0n) is 29.1. The van der Waals surface area contributed by atoms with E-state index in [1.54, 1.807) is 11.1 Å². The van der Waals surface area contributed by atoms with E-state index in [-0.39, 0.29) is 5.41 Å². The zero-order chi connectivity index (χ0) is 34.0. The molecule has 2 nitrogen and oxygen atoms in total. The summed E-state index contributed by atoms with van der Waals surface area (Å²) in [4.78, 5) is 2.46. The van der Waals surface area contributed by atoms with Crippen molar-refractivity contribution in [2.45, 2.75) is 37.5 Å². The average molecular weight is 670 g/mol. The van der Waals surface area contributed by atoms with Crippen LogP contribution in [0.15, 0.2) is 156 Å². The lowest BCUT2D eigenvalue weighted by molar-refractivity contribution is -0.0399. The van der Waals surface area contributed by atoms with Crippen LogP contribution in [0.25, 0.3) is 55.0 Å². The summed E-state index contributed by atoms with van der Waals surface area (Å²) in [7, 11) is 0. The maximum absolute atomic E-state index is 6.25. The predicted molar refractivity (Wildman–Crippen MR) is 215 cm³/mol. The Morgan fingerprint density at radius 3 is 1.92 bits per heavy atom. The van der Waals surface area contributed by atoms with Crippen LogP contribution in [-0.4, -0.2) is 0 Å². The van der Waals surface area contributed by atoms with Gasteiger partial charge in [-0.05, 0) is 155 Å². The van der Waals surface area contributed by atoms with Gasteiger partial charge in [0.15, 0.2) is 0 Å². The summed E-state index contributed by atoms with van der Waals surface area (Å²) < 4.78 is 6.25. The Balaban J connectivity index is 0.995. The average Bonchev–Trinajstić information content (AvgIpc) is 3.70. The quantitative estimate of drug-likeness (QED) is 0.185. The topological polar surface area (TPSA) is 16.4 Å². The summed E-state index contributed by atoms with van der Waals surface area (Å²) in [6.45, 7) is 0. The number of furan rings is 1. The third kappa shape index (κ3) is 4.01. The van der Waals surface area contributed by atoms with Crippen LogP contribution in [0.1, 0.15) is 43.2 Å². The van der Waals surface area contributed by atoms with E-state index in [1.165, 1.54) is 70.9 Å². The molecule has 7 aromatic carbocycles. The van der Waals surface area contributed by atoms with Gasteiger partial charge in [-0.15, -0.1) is 0 Å². The number of fused-ring (bicyclic) bond motifs is 7. The molecule has 1 aromatic heterocycles. The van der Waals surface area contributed by atoms with Crippen LogP contribution in [0.3, 0.4) is 0 Å². The van der Waals surface area contributed by atoms with Crippen LogP contribution in [0.2, 0.25) is 0 Å². The molecule has 5 aliphatic rings. The summed E-state index contributed by atoms with van der Waals surface area (Å²) in [5, 5.41) is 4.83. The Hall–Kier alpha value is -5.60. The molecule has 1 heterocycles. The molecule has 52 heavy (non-hydrogen) atoms. The molecule has 4 fully saturated rings. The molecule has 0 N–H and O–H groups in total. The highest BCUT2D eigenvalue weighted by molar-refractivity contribution is 6.06. The summed E-state index contributed by atoms with van der Waals surface area (Å²) in [5.74, 6) is 3.41. The van der Waals surface area contributed by atoms with Gasteiger partial charge in [-0.2, -0.15) is 0 Å². The van der Waals surface area contributed by atoms with Gasteiger partial charge >= 0.3 is 0 Å². The number of anilines is 3. The molecule has 8 aromatic rings. The minimum Gasteiger partial charge on any atom is -0.456 e. The van der Waals surface area contributed by atoms with E-state index in [0.717, 1.165) is 56.9 Å². The molecule has 4 bridgehead atoms. The highest BCUT2D eigenvalue weighted by Gasteiger charge is 2.61. The highest BCUT2D eigenvalue weighted by Crippen LogP contribution is 2.69. The van der Waals surface area contributed by atoms with Crippen LogP contribution in [0.4, 0.5) is 17.1 Å². The first-order chi connectivity index (χ1) is 25.7. The van der Waals surface area contributed by atoms with Crippen LogP contribution < -0.4 is 4.90 Å². The first-order valence-corrected chi connectivity index (χ1v) is 19.3. The van der Waals surface area contributed by atoms with E-state index >= 15 is 0 Å². The number of hydrogen-bond donors (Lipinski definition) is 0. The first kappa shape index (κ1) is 29.0. The van der Waals surface area contributed by atoms with E-state index < -0.39 is 0 Å². The first-order valence-electron chi connectivity index (χ1n) is 19.3. The molecule has 0 atom stereocenters. The lowest BCUT2D eigenvalue weighted by Crippen LogP contribution is -2.55. The fourth-order valence-corrected chi connectivity index (χ4v) is 11.8. The summed E-state index contributed by atoms with van der Waals surface area (Å²) in [5.41, 5.74) is 14.0. The molecule has 250 valence electrons. The van der Waals surface area contributed by atoms with Crippen LogP contribution in [0, 0.1) is 23.7 Å². The predicted octanol–water partition coefficient (Wildman–Crippen LogP) is 13.6. The van der Waals surface area contributed by atoms with Gasteiger partial charge in [0, 0.05) is 33.2 Å². The van der Waals surface area contributed by atoms with Gasteiger partial charge in [-0.3, -0.25) is 0 Å². The maximum atomic E-state index is 6.25. The highest BCUT2D eigenvalue weighted by atomic mass is 16.3. The van der Waals surface area contributed by atoms with Gasteiger partial charge in [0.25, 0.3) is 0 Å². The fourth-order valence-electron chi connectivity index (χ4n) is 11.8. The number of rotatable bonds is 4. The molecule has 4 saturated carbocycles. The summed E-state index contributed by atoms with van der Waals surface area (Å²) in [6, 6.07) is 56.5. The number of nitrogens with zero attached hydrogens (tertiary/aromatic N) is 1. The van der Waals surface area contributed by atoms with Crippen molar-refractivity contribution in [3.05, 3.63) is 163 Å². The minimum absolute atomic E-state index is 0.175. The third-order valence-electron chi connectivity index (χ3n) is 13.6. The number of benzene rings is 7. The van der Waals surface area contributed by atoms with Crippen LogP contribution in [0.5, 0.6) is 0 Å². The van der Waals surface area contributed by atoms with E-state index in [0.29, 0.717) is 0 Å². The van der Waals surface area contributed by atoms with E-state index in [1.807, 2.05) is 12.1 Å². The van der Waals surface area contributed by atoms with Crippen molar-refractivity contribution in [3.63, 3.8) is 0 Å². The second-order valence-electron chi connectivity index (χ2n) is 16.2. The number of para-hydroxylation sites is 1. The van der Waals surface area contributed by atoms with Crippen LogP contribution >= 0.6 is 0 Å². The van der Waals surface area contributed by atoms with Gasteiger partial charge in [0.05, 0.1) is 0 Å². The summed E-state index contributed by atoms with van der Waals surface area (Å²) >= 11 is 0. The van der Waals surface area contributed by atoms with Crippen molar-refractivity contribution < 1.29 is 4.42 Å². The van der Waals surface area contributed by atoms with E-state index in [4.69, 9.17) is 4.42 Å². The lowest BCUT2D eigenvalue weighted by atomic mass is 9.43. The molecule has 0 saturated heterocycles. The van der Waals surface area contributed by atoms with Crippen molar-refractivity contribution in [3.8, 4) is 22.3 Å². The van der Waals surface area contributed by atoms with Gasteiger partial charge in [0.2, 0.25) is 0 Å². The van der Waals surface area contributed by atoms with Crippen molar-refractivity contribution in [1.29, 1.82) is 0 Å². The van der Waals surface area contributed by atoms with Crippen molar-refractivity contribution in [1.82, 2.24) is 0 Å². The second kappa shape index (κ2) is 10.7.